The van der Waals surface area contributed by atoms with Gasteiger partial charge in [-0.15, -0.1) is 0 Å². The maximum atomic E-state index is 9.65. The molecular formula is C14H13ClO3. The van der Waals surface area contributed by atoms with E-state index in [-0.39, 0.29) is 5.75 Å². The minimum atomic E-state index is 0.0408. The minimum absolute atomic E-state index is 0.0408. The fraction of sp³-hybridized carbons (Fsp3) is 0.143. The van der Waals surface area contributed by atoms with Gasteiger partial charge in [-0.25, -0.2) is 0 Å². The van der Waals surface area contributed by atoms with Gasteiger partial charge in [0.2, 0.25) is 0 Å². The van der Waals surface area contributed by atoms with E-state index < -0.39 is 0 Å². The maximum absolute atomic E-state index is 9.65. The van der Waals surface area contributed by atoms with Gasteiger partial charge in [-0.05, 0) is 23.8 Å². The molecule has 0 fully saturated rings. The highest BCUT2D eigenvalue weighted by molar-refractivity contribution is 6.32. The predicted octanol–water partition coefficient (Wildman–Crippen LogP) is 3.73. The first-order valence-electron chi connectivity index (χ1n) is 5.37. The van der Waals surface area contributed by atoms with E-state index in [4.69, 9.17) is 21.1 Å². The van der Waals surface area contributed by atoms with Crippen LogP contribution in [0.4, 0.5) is 0 Å². The Labute approximate surface area is 111 Å². The SMILES string of the molecule is COc1cccc(-c2ccc(Cl)c(O)c2)c1OC. The third-order valence-electron chi connectivity index (χ3n) is 2.66. The Morgan fingerprint density at radius 1 is 1.06 bits per heavy atom. The van der Waals surface area contributed by atoms with E-state index in [0.717, 1.165) is 11.1 Å². The molecule has 2 aromatic carbocycles. The van der Waals surface area contributed by atoms with Crippen LogP contribution in [0.5, 0.6) is 17.2 Å². The van der Waals surface area contributed by atoms with Gasteiger partial charge in [-0.3, -0.25) is 0 Å². The van der Waals surface area contributed by atoms with Gasteiger partial charge >= 0.3 is 0 Å². The van der Waals surface area contributed by atoms with Crippen molar-refractivity contribution in [2.45, 2.75) is 0 Å². The van der Waals surface area contributed by atoms with Crippen molar-refractivity contribution >= 4 is 11.6 Å². The Morgan fingerprint density at radius 3 is 2.44 bits per heavy atom. The maximum Gasteiger partial charge on any atom is 0.168 e. The first kappa shape index (κ1) is 12.6. The van der Waals surface area contributed by atoms with E-state index in [1.165, 1.54) is 0 Å². The van der Waals surface area contributed by atoms with Crippen molar-refractivity contribution in [2.75, 3.05) is 14.2 Å². The molecule has 94 valence electrons. The van der Waals surface area contributed by atoms with Gasteiger partial charge in [0.05, 0.1) is 19.2 Å². The lowest BCUT2D eigenvalue weighted by atomic mass is 10.0. The van der Waals surface area contributed by atoms with Crippen LogP contribution in [0.3, 0.4) is 0 Å². The van der Waals surface area contributed by atoms with Crippen molar-refractivity contribution in [1.82, 2.24) is 0 Å². The number of hydrogen-bond acceptors (Lipinski definition) is 3. The Kier molecular flexibility index (Phi) is 3.63. The van der Waals surface area contributed by atoms with Crippen LogP contribution in [-0.4, -0.2) is 19.3 Å². The van der Waals surface area contributed by atoms with Crippen molar-refractivity contribution in [1.29, 1.82) is 0 Å². The van der Waals surface area contributed by atoms with Crippen LogP contribution in [0, 0.1) is 0 Å². The van der Waals surface area contributed by atoms with Crippen molar-refractivity contribution in [3.8, 4) is 28.4 Å². The van der Waals surface area contributed by atoms with Crippen LogP contribution in [0.15, 0.2) is 36.4 Å². The Bertz CT molecular complexity index is 567. The summed E-state index contributed by atoms with van der Waals surface area (Å²) in [6, 6.07) is 10.6. The molecule has 0 bridgehead atoms. The summed E-state index contributed by atoms with van der Waals surface area (Å²) in [6.45, 7) is 0. The molecule has 0 amide bonds. The minimum Gasteiger partial charge on any atom is -0.506 e. The second-order valence-corrected chi connectivity index (χ2v) is 4.11. The van der Waals surface area contributed by atoms with Gasteiger partial charge in [-0.2, -0.15) is 0 Å². The largest absolute Gasteiger partial charge is 0.506 e. The number of phenols is 1. The number of ether oxygens (including phenoxy) is 2. The highest BCUT2D eigenvalue weighted by Gasteiger charge is 2.12. The Morgan fingerprint density at radius 2 is 1.83 bits per heavy atom. The number of aromatic hydroxyl groups is 1. The Balaban J connectivity index is 2.59. The Hall–Kier alpha value is -1.87. The van der Waals surface area contributed by atoms with Gasteiger partial charge in [-0.1, -0.05) is 29.8 Å². The smallest absolute Gasteiger partial charge is 0.168 e. The topological polar surface area (TPSA) is 38.7 Å². The molecule has 0 aromatic heterocycles. The van der Waals surface area contributed by atoms with E-state index in [2.05, 4.69) is 0 Å². The quantitative estimate of drug-likeness (QED) is 0.918. The third-order valence-corrected chi connectivity index (χ3v) is 2.98. The lowest BCUT2D eigenvalue weighted by molar-refractivity contribution is 0.356. The molecule has 0 atom stereocenters. The zero-order chi connectivity index (χ0) is 13.1. The van der Waals surface area contributed by atoms with Crippen molar-refractivity contribution in [2.24, 2.45) is 0 Å². The summed E-state index contributed by atoms with van der Waals surface area (Å²) < 4.78 is 10.6. The van der Waals surface area contributed by atoms with Crippen molar-refractivity contribution in [3.05, 3.63) is 41.4 Å². The molecule has 2 rings (SSSR count). The molecule has 0 saturated heterocycles. The van der Waals surface area contributed by atoms with Crippen LogP contribution < -0.4 is 9.47 Å². The standard InChI is InChI=1S/C14H13ClO3/c1-17-13-5-3-4-10(14(13)18-2)9-6-7-11(15)12(16)8-9/h3-8,16H,1-2H3. The summed E-state index contributed by atoms with van der Waals surface area (Å²) in [5.74, 6) is 1.31. The normalized spacial score (nSPS) is 10.2. The average molecular weight is 265 g/mol. The number of rotatable bonds is 3. The summed E-state index contributed by atoms with van der Waals surface area (Å²) in [4.78, 5) is 0. The van der Waals surface area contributed by atoms with E-state index >= 15 is 0 Å². The second kappa shape index (κ2) is 5.19. The zero-order valence-corrected chi connectivity index (χ0v) is 10.9. The molecule has 4 heteroatoms. The monoisotopic (exact) mass is 264 g/mol. The molecule has 0 aliphatic rings. The summed E-state index contributed by atoms with van der Waals surface area (Å²) in [6.07, 6.45) is 0. The molecule has 0 unspecified atom stereocenters. The van der Waals surface area contributed by atoms with Crippen LogP contribution in [0.1, 0.15) is 0 Å². The summed E-state index contributed by atoms with van der Waals surface area (Å²) in [5, 5.41) is 9.97. The molecule has 1 N–H and O–H groups in total. The molecule has 0 saturated carbocycles. The van der Waals surface area contributed by atoms with E-state index in [0.29, 0.717) is 16.5 Å². The number of para-hydroxylation sites is 1. The number of hydrogen-bond donors (Lipinski definition) is 1. The number of benzene rings is 2. The lowest BCUT2D eigenvalue weighted by Crippen LogP contribution is -1.93. The van der Waals surface area contributed by atoms with Crippen LogP contribution >= 0.6 is 11.6 Å². The fourth-order valence-corrected chi connectivity index (χ4v) is 1.91. The van der Waals surface area contributed by atoms with E-state index in [1.54, 1.807) is 26.4 Å². The van der Waals surface area contributed by atoms with Crippen molar-refractivity contribution < 1.29 is 14.6 Å². The van der Waals surface area contributed by atoms with Crippen molar-refractivity contribution in [3.63, 3.8) is 0 Å². The van der Waals surface area contributed by atoms with Gasteiger partial charge in [0.15, 0.2) is 11.5 Å². The second-order valence-electron chi connectivity index (χ2n) is 3.71. The van der Waals surface area contributed by atoms with E-state index in [1.807, 2.05) is 24.3 Å². The zero-order valence-electron chi connectivity index (χ0n) is 10.1. The number of methoxy groups -OCH3 is 2. The highest BCUT2D eigenvalue weighted by atomic mass is 35.5. The predicted molar refractivity (Wildman–Crippen MR) is 71.7 cm³/mol. The third kappa shape index (κ3) is 2.22. The highest BCUT2D eigenvalue weighted by Crippen LogP contribution is 2.39. The van der Waals surface area contributed by atoms with E-state index in [9.17, 15) is 5.11 Å². The molecule has 2 aromatic rings. The molecule has 0 heterocycles. The summed E-state index contributed by atoms with van der Waals surface area (Å²) in [7, 11) is 3.16. The van der Waals surface area contributed by atoms with Gasteiger partial charge in [0.1, 0.15) is 5.75 Å². The number of phenolic OH excluding ortho intramolecular Hbond substituents is 1. The van der Waals surface area contributed by atoms with Crippen LogP contribution in [0.25, 0.3) is 11.1 Å². The first-order valence-corrected chi connectivity index (χ1v) is 5.75. The molecular weight excluding hydrogens is 252 g/mol. The fourth-order valence-electron chi connectivity index (χ4n) is 1.79. The van der Waals surface area contributed by atoms with Gasteiger partial charge in [0.25, 0.3) is 0 Å². The average Bonchev–Trinajstić information content (AvgIpc) is 2.40. The first-order chi connectivity index (χ1) is 8.67. The molecule has 18 heavy (non-hydrogen) atoms. The molecule has 3 nitrogen and oxygen atoms in total. The van der Waals surface area contributed by atoms with Crippen LogP contribution in [0.2, 0.25) is 5.02 Å². The molecule has 0 aliphatic heterocycles. The molecule has 0 spiro atoms. The van der Waals surface area contributed by atoms with Gasteiger partial charge < -0.3 is 14.6 Å². The summed E-state index contributed by atoms with van der Waals surface area (Å²) in [5.41, 5.74) is 1.65. The summed E-state index contributed by atoms with van der Waals surface area (Å²) >= 11 is 5.79. The molecule has 0 radical (unpaired) electrons. The lowest BCUT2D eigenvalue weighted by Gasteiger charge is -2.13. The molecule has 0 aliphatic carbocycles. The van der Waals surface area contributed by atoms with Crippen LogP contribution in [-0.2, 0) is 0 Å². The number of halogens is 1. The van der Waals surface area contributed by atoms with Gasteiger partial charge in [0, 0.05) is 5.56 Å².